The van der Waals surface area contributed by atoms with E-state index in [1.54, 1.807) is 17.4 Å². The van der Waals surface area contributed by atoms with E-state index in [-0.39, 0.29) is 0 Å². The Morgan fingerprint density at radius 2 is 2.09 bits per heavy atom. The van der Waals surface area contributed by atoms with Crippen molar-refractivity contribution in [3.8, 4) is 16.3 Å². The molecular weight excluding hydrogens is 366 g/mol. The van der Waals surface area contributed by atoms with E-state index in [1.807, 2.05) is 36.4 Å². The summed E-state index contributed by atoms with van der Waals surface area (Å²) in [5.41, 5.74) is 1.70. The predicted molar refractivity (Wildman–Crippen MR) is 90.5 cm³/mol. The molecule has 0 bridgehead atoms. The van der Waals surface area contributed by atoms with Crippen LogP contribution in [0.25, 0.3) is 20.8 Å². The minimum absolute atomic E-state index is 0.511. The van der Waals surface area contributed by atoms with Crippen molar-refractivity contribution in [2.45, 2.75) is 13.0 Å². The fourth-order valence-corrected chi connectivity index (χ4v) is 3.35. The lowest BCUT2D eigenvalue weighted by molar-refractivity contribution is -0.144. The number of nitrogens with zero attached hydrogens (tertiary/aromatic N) is 1. The maximum absolute atomic E-state index is 11.0. The van der Waals surface area contributed by atoms with Crippen LogP contribution >= 0.6 is 27.3 Å². The van der Waals surface area contributed by atoms with Gasteiger partial charge in [0.25, 0.3) is 0 Å². The summed E-state index contributed by atoms with van der Waals surface area (Å²) in [6, 6.07) is 13.3. The van der Waals surface area contributed by atoms with Crippen molar-refractivity contribution in [3.63, 3.8) is 0 Å². The summed E-state index contributed by atoms with van der Waals surface area (Å²) < 4.78 is 7.52. The first-order chi connectivity index (χ1) is 10.5. The van der Waals surface area contributed by atoms with Gasteiger partial charge >= 0.3 is 5.97 Å². The van der Waals surface area contributed by atoms with E-state index in [4.69, 9.17) is 9.84 Å². The van der Waals surface area contributed by atoms with E-state index >= 15 is 0 Å². The molecular formula is C16H12BrNO3S. The first kappa shape index (κ1) is 15.0. The largest absolute Gasteiger partial charge is 0.479 e. The number of halogens is 1. The fourth-order valence-electron chi connectivity index (χ4n) is 2.00. The van der Waals surface area contributed by atoms with Gasteiger partial charge in [0.2, 0.25) is 0 Å². The number of aliphatic carboxylic acids is 1. The van der Waals surface area contributed by atoms with Crippen molar-refractivity contribution >= 4 is 43.5 Å². The van der Waals surface area contributed by atoms with E-state index in [2.05, 4.69) is 20.9 Å². The molecule has 1 atom stereocenters. The van der Waals surface area contributed by atoms with E-state index in [9.17, 15) is 4.79 Å². The normalized spacial score (nSPS) is 12.3. The van der Waals surface area contributed by atoms with Gasteiger partial charge < -0.3 is 9.84 Å². The number of fused-ring (bicyclic) bond motifs is 1. The first-order valence-corrected chi connectivity index (χ1v) is 8.20. The number of aromatic nitrogens is 1. The Labute approximate surface area is 139 Å². The molecule has 0 radical (unpaired) electrons. The van der Waals surface area contributed by atoms with Gasteiger partial charge in [0.1, 0.15) is 10.8 Å². The number of rotatable bonds is 4. The highest BCUT2D eigenvalue weighted by Gasteiger charge is 2.17. The summed E-state index contributed by atoms with van der Waals surface area (Å²) in [7, 11) is 0. The molecule has 3 aromatic rings. The van der Waals surface area contributed by atoms with Crippen LogP contribution in [0.4, 0.5) is 0 Å². The molecule has 112 valence electrons. The minimum Gasteiger partial charge on any atom is -0.479 e. The van der Waals surface area contributed by atoms with E-state index in [0.29, 0.717) is 5.75 Å². The van der Waals surface area contributed by atoms with Crippen LogP contribution in [-0.4, -0.2) is 22.2 Å². The van der Waals surface area contributed by atoms with Crippen LogP contribution in [0.15, 0.2) is 46.9 Å². The van der Waals surface area contributed by atoms with Crippen LogP contribution in [0.1, 0.15) is 6.92 Å². The molecule has 0 aliphatic rings. The quantitative estimate of drug-likeness (QED) is 0.722. The number of carboxylic acids is 1. The zero-order chi connectivity index (χ0) is 15.7. The van der Waals surface area contributed by atoms with Gasteiger partial charge in [-0.25, -0.2) is 9.78 Å². The average molecular weight is 378 g/mol. The van der Waals surface area contributed by atoms with Gasteiger partial charge in [-0.3, -0.25) is 0 Å². The number of carbonyl (C=O) groups is 1. The van der Waals surface area contributed by atoms with Crippen LogP contribution in [0.2, 0.25) is 0 Å². The Kier molecular flexibility index (Phi) is 4.13. The summed E-state index contributed by atoms with van der Waals surface area (Å²) in [5.74, 6) is -0.490. The standard InChI is InChI=1S/C16H12BrNO3S/c1-9(16(19)20)21-13-7-6-10(17)8-11(13)15-18-12-4-2-3-5-14(12)22-15/h2-9H,1H3,(H,19,20)/t9-/m0/s1. The Bertz CT molecular complexity index is 813. The lowest BCUT2D eigenvalue weighted by Crippen LogP contribution is -2.23. The van der Waals surface area contributed by atoms with Crippen LogP contribution in [0, 0.1) is 0 Å². The molecule has 6 heteroatoms. The molecule has 0 fully saturated rings. The minimum atomic E-state index is -1.00. The number of hydrogen-bond donors (Lipinski definition) is 1. The number of hydrogen-bond acceptors (Lipinski definition) is 4. The van der Waals surface area contributed by atoms with Gasteiger partial charge in [0.15, 0.2) is 6.10 Å². The third kappa shape index (κ3) is 2.98. The molecule has 0 amide bonds. The molecule has 0 unspecified atom stereocenters. The van der Waals surface area contributed by atoms with Crippen molar-refractivity contribution in [1.29, 1.82) is 0 Å². The third-order valence-electron chi connectivity index (χ3n) is 3.12. The highest BCUT2D eigenvalue weighted by molar-refractivity contribution is 9.10. The smallest absolute Gasteiger partial charge is 0.344 e. The number of thiazole rings is 1. The molecule has 0 aliphatic carbocycles. The maximum atomic E-state index is 11.0. The summed E-state index contributed by atoms with van der Waals surface area (Å²) >= 11 is 4.99. The van der Waals surface area contributed by atoms with Crippen molar-refractivity contribution in [1.82, 2.24) is 4.98 Å². The van der Waals surface area contributed by atoms with Gasteiger partial charge in [-0.2, -0.15) is 0 Å². The molecule has 4 nitrogen and oxygen atoms in total. The second-order valence-electron chi connectivity index (χ2n) is 4.73. The van der Waals surface area contributed by atoms with Gasteiger partial charge in [-0.05, 0) is 37.3 Å². The SMILES string of the molecule is C[C@H](Oc1ccc(Br)cc1-c1nc2ccccc2s1)C(=O)O. The van der Waals surface area contributed by atoms with Crippen molar-refractivity contribution < 1.29 is 14.6 Å². The number of para-hydroxylation sites is 1. The second kappa shape index (κ2) is 6.06. The zero-order valence-electron chi connectivity index (χ0n) is 11.6. The lowest BCUT2D eigenvalue weighted by atomic mass is 10.2. The predicted octanol–water partition coefficient (Wildman–Crippen LogP) is 4.58. The molecule has 3 rings (SSSR count). The summed E-state index contributed by atoms with van der Waals surface area (Å²) in [6.07, 6.45) is -0.922. The van der Waals surface area contributed by atoms with Crippen LogP contribution < -0.4 is 4.74 Å². The molecule has 0 spiro atoms. The summed E-state index contributed by atoms with van der Waals surface area (Å²) in [5, 5.41) is 9.83. The van der Waals surface area contributed by atoms with Crippen molar-refractivity contribution in [3.05, 3.63) is 46.9 Å². The number of carboxylic acid groups (broad SMARTS) is 1. The Balaban J connectivity index is 2.08. The molecule has 0 saturated heterocycles. The van der Waals surface area contributed by atoms with E-state index < -0.39 is 12.1 Å². The number of benzene rings is 2. The highest BCUT2D eigenvalue weighted by atomic mass is 79.9. The Morgan fingerprint density at radius 3 is 2.82 bits per heavy atom. The highest BCUT2D eigenvalue weighted by Crippen LogP contribution is 2.37. The molecule has 1 N–H and O–H groups in total. The van der Waals surface area contributed by atoms with Gasteiger partial charge in [-0.15, -0.1) is 11.3 Å². The first-order valence-electron chi connectivity index (χ1n) is 6.59. The Hall–Kier alpha value is -1.92. The lowest BCUT2D eigenvalue weighted by Gasteiger charge is -2.13. The molecule has 2 aromatic carbocycles. The topological polar surface area (TPSA) is 59.4 Å². The fraction of sp³-hybridized carbons (Fsp3) is 0.125. The summed E-state index contributed by atoms with van der Waals surface area (Å²) in [4.78, 5) is 15.6. The van der Waals surface area contributed by atoms with Crippen LogP contribution in [0.5, 0.6) is 5.75 Å². The van der Waals surface area contributed by atoms with Crippen molar-refractivity contribution in [2.75, 3.05) is 0 Å². The molecule has 22 heavy (non-hydrogen) atoms. The maximum Gasteiger partial charge on any atom is 0.344 e. The third-order valence-corrected chi connectivity index (χ3v) is 4.68. The van der Waals surface area contributed by atoms with Crippen LogP contribution in [-0.2, 0) is 4.79 Å². The zero-order valence-corrected chi connectivity index (χ0v) is 14.0. The number of ether oxygens (including phenoxy) is 1. The van der Waals surface area contributed by atoms with Crippen molar-refractivity contribution in [2.24, 2.45) is 0 Å². The van der Waals surface area contributed by atoms with Crippen LogP contribution in [0.3, 0.4) is 0 Å². The van der Waals surface area contributed by atoms with E-state index in [0.717, 1.165) is 25.3 Å². The molecule has 0 saturated carbocycles. The molecule has 1 aromatic heterocycles. The van der Waals surface area contributed by atoms with E-state index in [1.165, 1.54) is 6.92 Å². The van der Waals surface area contributed by atoms with Gasteiger partial charge in [0.05, 0.1) is 15.8 Å². The van der Waals surface area contributed by atoms with Gasteiger partial charge in [0, 0.05) is 4.47 Å². The monoisotopic (exact) mass is 377 g/mol. The summed E-state index contributed by atoms with van der Waals surface area (Å²) in [6.45, 7) is 1.51. The molecule has 1 heterocycles. The Morgan fingerprint density at radius 1 is 1.32 bits per heavy atom. The second-order valence-corrected chi connectivity index (χ2v) is 6.67. The average Bonchev–Trinajstić information content (AvgIpc) is 2.92. The van der Waals surface area contributed by atoms with Gasteiger partial charge in [-0.1, -0.05) is 28.1 Å². The molecule has 0 aliphatic heterocycles.